The number of aromatic nitrogens is 2. The molecule has 0 saturated carbocycles. The molecular formula is C7H3ClN2O. The largest absolute Gasteiger partial charge is 0.289 e. The van der Waals surface area contributed by atoms with Crippen LogP contribution in [0.2, 0.25) is 5.15 Å². The third-order valence-electron chi connectivity index (χ3n) is 0.891. The first-order chi connectivity index (χ1) is 5.33. The minimum Gasteiger partial charge on any atom is -0.289 e. The van der Waals surface area contributed by atoms with Crippen molar-refractivity contribution < 1.29 is 4.79 Å². The third-order valence-corrected chi connectivity index (χ3v) is 1.09. The molecule has 11 heavy (non-hydrogen) atoms. The average Bonchev–Trinajstić information content (AvgIpc) is 2.04. The Morgan fingerprint density at radius 2 is 2.27 bits per heavy atom. The number of carbonyl (C=O) groups is 1. The highest BCUT2D eigenvalue weighted by Crippen LogP contribution is 2.00. The average molecular weight is 167 g/mol. The van der Waals surface area contributed by atoms with Crippen LogP contribution in [0.5, 0.6) is 0 Å². The van der Waals surface area contributed by atoms with Gasteiger partial charge in [-0.3, -0.25) is 4.79 Å². The second kappa shape index (κ2) is 3.69. The summed E-state index contributed by atoms with van der Waals surface area (Å²) in [6.07, 6.45) is 0.496. The predicted octanol–water partition coefficient (Wildman–Crippen LogP) is 0.680. The molecule has 54 valence electrons. The van der Waals surface area contributed by atoms with E-state index >= 15 is 0 Å². The molecule has 0 radical (unpaired) electrons. The van der Waals surface area contributed by atoms with Gasteiger partial charge in [-0.2, -0.15) is 0 Å². The summed E-state index contributed by atoms with van der Waals surface area (Å²) in [7, 11) is 0. The Bertz CT molecular complexity index is 309. The standard InChI is InChI=1S/C7H3ClN2O/c8-7-4-3-6(9-10-7)2-1-5-11/h3-5H. The number of rotatable bonds is 0. The van der Waals surface area contributed by atoms with Crippen LogP contribution in [0.1, 0.15) is 5.69 Å². The highest BCUT2D eigenvalue weighted by molar-refractivity contribution is 6.29. The van der Waals surface area contributed by atoms with Crippen LogP contribution in [0.15, 0.2) is 12.1 Å². The number of carbonyl (C=O) groups excluding carboxylic acids is 1. The molecule has 0 unspecified atom stereocenters. The highest BCUT2D eigenvalue weighted by Gasteiger charge is 1.88. The van der Waals surface area contributed by atoms with Gasteiger partial charge in [-0.1, -0.05) is 11.6 Å². The van der Waals surface area contributed by atoms with E-state index in [1.54, 1.807) is 12.1 Å². The monoisotopic (exact) mass is 166 g/mol. The lowest BCUT2D eigenvalue weighted by Crippen LogP contribution is -1.85. The van der Waals surface area contributed by atoms with Gasteiger partial charge in [-0.25, -0.2) is 0 Å². The third kappa shape index (κ3) is 2.36. The molecule has 3 nitrogen and oxygen atoms in total. The van der Waals surface area contributed by atoms with Crippen LogP contribution >= 0.6 is 11.6 Å². The lowest BCUT2D eigenvalue weighted by Gasteiger charge is -1.85. The molecule has 0 aliphatic rings. The van der Waals surface area contributed by atoms with E-state index < -0.39 is 0 Å². The molecule has 4 heteroatoms. The molecular weight excluding hydrogens is 164 g/mol. The second-order valence-electron chi connectivity index (χ2n) is 1.63. The van der Waals surface area contributed by atoms with Gasteiger partial charge in [0.05, 0.1) is 0 Å². The Morgan fingerprint density at radius 1 is 1.45 bits per heavy atom. The van der Waals surface area contributed by atoms with Gasteiger partial charge in [0.25, 0.3) is 0 Å². The maximum absolute atomic E-state index is 9.80. The number of halogens is 1. The summed E-state index contributed by atoms with van der Waals surface area (Å²) in [4.78, 5) is 9.80. The normalized spacial score (nSPS) is 8.09. The van der Waals surface area contributed by atoms with E-state index in [0.717, 1.165) is 0 Å². The van der Waals surface area contributed by atoms with Crippen molar-refractivity contribution >= 4 is 17.9 Å². The number of hydrogen-bond acceptors (Lipinski definition) is 3. The van der Waals surface area contributed by atoms with Crippen LogP contribution in [-0.2, 0) is 4.79 Å². The van der Waals surface area contributed by atoms with Crippen LogP contribution in [-0.4, -0.2) is 16.5 Å². The van der Waals surface area contributed by atoms with E-state index in [1.165, 1.54) is 0 Å². The fraction of sp³-hybridized carbons (Fsp3) is 0. The van der Waals surface area contributed by atoms with Crippen LogP contribution in [0.3, 0.4) is 0 Å². The van der Waals surface area contributed by atoms with Crippen molar-refractivity contribution in [2.75, 3.05) is 0 Å². The Morgan fingerprint density at radius 3 is 2.82 bits per heavy atom. The molecule has 1 rings (SSSR count). The van der Waals surface area contributed by atoms with Gasteiger partial charge in [0.2, 0.25) is 0 Å². The molecule has 0 amide bonds. The van der Waals surface area contributed by atoms with E-state index in [1.807, 2.05) is 0 Å². The summed E-state index contributed by atoms with van der Waals surface area (Å²) < 4.78 is 0. The molecule has 0 fully saturated rings. The summed E-state index contributed by atoms with van der Waals surface area (Å²) in [5.41, 5.74) is 0.432. The van der Waals surface area contributed by atoms with Crippen molar-refractivity contribution in [3.8, 4) is 11.8 Å². The van der Waals surface area contributed by atoms with Gasteiger partial charge in [-0.15, -0.1) is 10.2 Å². The van der Waals surface area contributed by atoms with Crippen molar-refractivity contribution in [3.63, 3.8) is 0 Å². The minimum atomic E-state index is 0.307. The molecule has 1 heterocycles. The summed E-state index contributed by atoms with van der Waals surface area (Å²) in [6.45, 7) is 0. The summed E-state index contributed by atoms with van der Waals surface area (Å²) >= 11 is 5.45. The van der Waals surface area contributed by atoms with Gasteiger partial charge in [0.1, 0.15) is 5.69 Å². The number of nitrogens with zero attached hydrogens (tertiary/aromatic N) is 2. The van der Waals surface area contributed by atoms with E-state index in [2.05, 4.69) is 22.0 Å². The zero-order valence-corrected chi connectivity index (χ0v) is 6.17. The minimum absolute atomic E-state index is 0.307. The Balaban J connectivity index is 2.90. The van der Waals surface area contributed by atoms with Crippen LogP contribution in [0, 0.1) is 11.8 Å². The first-order valence-electron chi connectivity index (χ1n) is 2.77. The maximum Gasteiger partial charge on any atom is 0.193 e. The Labute approximate surface area is 68.4 Å². The summed E-state index contributed by atoms with van der Waals surface area (Å²) in [5, 5.41) is 7.44. The lowest BCUT2D eigenvalue weighted by molar-refractivity contribution is -0.103. The predicted molar refractivity (Wildman–Crippen MR) is 40.0 cm³/mol. The first-order valence-corrected chi connectivity index (χ1v) is 3.15. The van der Waals surface area contributed by atoms with Crippen LogP contribution in [0.4, 0.5) is 0 Å². The zero-order chi connectivity index (χ0) is 8.10. The molecule has 0 spiro atoms. The molecule has 0 saturated heterocycles. The van der Waals surface area contributed by atoms with Crippen molar-refractivity contribution in [1.29, 1.82) is 0 Å². The van der Waals surface area contributed by atoms with Crippen molar-refractivity contribution in [2.24, 2.45) is 0 Å². The van der Waals surface area contributed by atoms with Crippen LogP contribution < -0.4 is 0 Å². The lowest BCUT2D eigenvalue weighted by atomic mass is 10.4. The molecule has 1 aromatic heterocycles. The van der Waals surface area contributed by atoms with E-state index in [-0.39, 0.29) is 0 Å². The molecule has 0 N–H and O–H groups in total. The van der Waals surface area contributed by atoms with Gasteiger partial charge >= 0.3 is 0 Å². The summed E-state index contributed by atoms with van der Waals surface area (Å²) in [5.74, 6) is 4.68. The molecule has 0 aromatic carbocycles. The molecule has 0 aliphatic carbocycles. The fourth-order valence-corrected chi connectivity index (χ4v) is 0.587. The van der Waals surface area contributed by atoms with Crippen molar-refractivity contribution in [2.45, 2.75) is 0 Å². The fourth-order valence-electron chi connectivity index (χ4n) is 0.486. The zero-order valence-electron chi connectivity index (χ0n) is 5.41. The SMILES string of the molecule is O=CC#Cc1ccc(Cl)nn1. The number of hydrogen-bond donors (Lipinski definition) is 0. The molecule has 0 atom stereocenters. The maximum atomic E-state index is 9.80. The van der Waals surface area contributed by atoms with E-state index in [9.17, 15) is 4.79 Å². The van der Waals surface area contributed by atoms with Gasteiger partial charge < -0.3 is 0 Å². The smallest absolute Gasteiger partial charge is 0.193 e. The van der Waals surface area contributed by atoms with Gasteiger partial charge in [0, 0.05) is 0 Å². The second-order valence-corrected chi connectivity index (χ2v) is 2.02. The van der Waals surface area contributed by atoms with Crippen LogP contribution in [0.25, 0.3) is 0 Å². The van der Waals surface area contributed by atoms with E-state index in [4.69, 9.17) is 11.6 Å². The molecule has 1 aromatic rings. The highest BCUT2D eigenvalue weighted by atomic mass is 35.5. The Kier molecular flexibility index (Phi) is 2.59. The molecule has 0 bridgehead atoms. The quantitative estimate of drug-likeness (QED) is 0.421. The number of aldehydes is 1. The van der Waals surface area contributed by atoms with Crippen molar-refractivity contribution in [1.82, 2.24) is 10.2 Å². The first kappa shape index (κ1) is 7.70. The van der Waals surface area contributed by atoms with Gasteiger partial charge in [0.15, 0.2) is 11.4 Å². The Hall–Kier alpha value is -1.40. The van der Waals surface area contributed by atoms with E-state index in [0.29, 0.717) is 17.1 Å². The summed E-state index contributed by atoms with van der Waals surface area (Å²) in [6, 6.07) is 3.15. The topological polar surface area (TPSA) is 42.9 Å². The molecule has 0 aliphatic heterocycles. The van der Waals surface area contributed by atoms with Crippen molar-refractivity contribution in [3.05, 3.63) is 23.0 Å². The van der Waals surface area contributed by atoms with Gasteiger partial charge in [-0.05, 0) is 24.0 Å².